The van der Waals surface area contributed by atoms with Gasteiger partial charge in [-0.05, 0) is 48.0 Å². The molecule has 2 aromatic rings. The third-order valence-electron chi connectivity index (χ3n) is 3.88. The SMILES string of the molecule is NC(=O)COc1c(Cl)cc(/C=C2\C(=O)NC(=O)N(c3ccc(Cl)cc3)C2=O)cc1Cl. The number of carbonyl (C=O) groups is 4. The maximum absolute atomic E-state index is 12.9. The lowest BCUT2D eigenvalue weighted by Crippen LogP contribution is -2.54. The maximum atomic E-state index is 12.9. The Morgan fingerprint density at radius 1 is 1.07 bits per heavy atom. The highest BCUT2D eigenvalue weighted by Crippen LogP contribution is 2.35. The van der Waals surface area contributed by atoms with Crippen molar-refractivity contribution < 1.29 is 23.9 Å². The number of primary amides is 1. The predicted octanol–water partition coefficient (Wildman–Crippen LogP) is 3.18. The Bertz CT molecular complexity index is 1080. The van der Waals surface area contributed by atoms with Crippen LogP contribution in [-0.4, -0.2) is 30.4 Å². The van der Waals surface area contributed by atoms with Gasteiger partial charge in [-0.15, -0.1) is 0 Å². The number of nitrogens with one attached hydrogen (secondary N) is 1. The number of barbiturate groups is 1. The number of nitrogens with zero attached hydrogens (tertiary/aromatic N) is 1. The van der Waals surface area contributed by atoms with Gasteiger partial charge in [0.05, 0.1) is 15.7 Å². The summed E-state index contributed by atoms with van der Waals surface area (Å²) in [6, 6.07) is 7.79. The van der Waals surface area contributed by atoms with E-state index >= 15 is 0 Å². The average Bonchev–Trinajstić information content (AvgIpc) is 2.65. The standard InChI is InChI=1S/C19H12Cl3N3O5/c20-10-1-3-11(4-2-10)25-18(28)12(17(27)24-19(25)29)5-9-6-13(21)16(14(22)7-9)30-8-15(23)26/h1-7H,8H2,(H2,23,26)(H,24,27,29)/b12-5+. The molecule has 3 N–H and O–H groups in total. The predicted molar refractivity (Wildman–Crippen MR) is 112 cm³/mol. The summed E-state index contributed by atoms with van der Waals surface area (Å²) in [6.07, 6.45) is 1.22. The number of benzene rings is 2. The number of imide groups is 2. The minimum absolute atomic E-state index is 0.0247. The van der Waals surface area contributed by atoms with Crippen LogP contribution in [0.2, 0.25) is 15.1 Å². The average molecular weight is 469 g/mol. The first-order chi connectivity index (χ1) is 14.2. The molecule has 0 atom stereocenters. The van der Waals surface area contributed by atoms with Gasteiger partial charge in [0.25, 0.3) is 17.7 Å². The van der Waals surface area contributed by atoms with Crippen molar-refractivity contribution in [2.75, 3.05) is 11.5 Å². The van der Waals surface area contributed by atoms with Crippen molar-refractivity contribution in [1.29, 1.82) is 0 Å². The fraction of sp³-hybridized carbons (Fsp3) is 0.0526. The summed E-state index contributed by atoms with van der Waals surface area (Å²) in [6.45, 7) is -0.432. The second-order valence-electron chi connectivity index (χ2n) is 6.00. The van der Waals surface area contributed by atoms with Gasteiger partial charge in [0.2, 0.25) is 0 Å². The van der Waals surface area contributed by atoms with E-state index in [4.69, 9.17) is 45.3 Å². The molecule has 5 amide bonds. The molecule has 1 aliphatic rings. The molecule has 2 aromatic carbocycles. The van der Waals surface area contributed by atoms with Crippen molar-refractivity contribution in [3.8, 4) is 5.75 Å². The number of rotatable bonds is 5. The normalized spacial score (nSPS) is 15.4. The molecule has 0 spiro atoms. The van der Waals surface area contributed by atoms with E-state index < -0.39 is 30.4 Å². The highest BCUT2D eigenvalue weighted by molar-refractivity contribution is 6.40. The summed E-state index contributed by atoms with van der Waals surface area (Å²) in [5.74, 6) is -2.41. The number of ether oxygens (including phenoxy) is 1. The number of hydrogen-bond acceptors (Lipinski definition) is 5. The van der Waals surface area contributed by atoms with Gasteiger partial charge in [0.15, 0.2) is 12.4 Å². The molecule has 0 radical (unpaired) electrons. The minimum Gasteiger partial charge on any atom is -0.481 e. The molecule has 1 heterocycles. The van der Waals surface area contributed by atoms with E-state index in [1.54, 1.807) is 0 Å². The Kier molecular flexibility index (Phi) is 6.31. The molecule has 0 saturated carbocycles. The van der Waals surface area contributed by atoms with E-state index in [-0.39, 0.29) is 27.1 Å². The molecule has 11 heteroatoms. The Balaban J connectivity index is 1.96. The third kappa shape index (κ3) is 4.56. The molecule has 3 rings (SSSR count). The van der Waals surface area contributed by atoms with Crippen LogP contribution in [0, 0.1) is 0 Å². The first-order valence-corrected chi connectivity index (χ1v) is 9.38. The van der Waals surface area contributed by atoms with Crippen LogP contribution in [0.5, 0.6) is 5.75 Å². The van der Waals surface area contributed by atoms with E-state index in [9.17, 15) is 19.2 Å². The third-order valence-corrected chi connectivity index (χ3v) is 4.69. The fourth-order valence-electron chi connectivity index (χ4n) is 2.59. The maximum Gasteiger partial charge on any atom is 0.335 e. The second kappa shape index (κ2) is 8.74. The van der Waals surface area contributed by atoms with Crippen molar-refractivity contribution in [3.63, 3.8) is 0 Å². The van der Waals surface area contributed by atoms with Crippen molar-refractivity contribution >= 4 is 70.3 Å². The van der Waals surface area contributed by atoms with E-state index in [1.165, 1.54) is 42.5 Å². The molecule has 1 saturated heterocycles. The van der Waals surface area contributed by atoms with E-state index in [2.05, 4.69) is 5.32 Å². The van der Waals surface area contributed by atoms with Crippen molar-refractivity contribution in [3.05, 3.63) is 62.6 Å². The van der Waals surface area contributed by atoms with Crippen LogP contribution in [0.15, 0.2) is 42.0 Å². The number of halogens is 3. The molecular formula is C19H12Cl3N3O5. The van der Waals surface area contributed by atoms with E-state index in [0.717, 1.165) is 4.90 Å². The second-order valence-corrected chi connectivity index (χ2v) is 7.25. The van der Waals surface area contributed by atoms with Crippen LogP contribution < -0.4 is 20.7 Å². The van der Waals surface area contributed by atoms with Crippen LogP contribution in [-0.2, 0) is 14.4 Å². The lowest BCUT2D eigenvalue weighted by molar-refractivity contribution is -0.123. The largest absolute Gasteiger partial charge is 0.481 e. The van der Waals surface area contributed by atoms with Crippen molar-refractivity contribution in [2.24, 2.45) is 5.73 Å². The summed E-state index contributed by atoms with van der Waals surface area (Å²) in [7, 11) is 0. The molecule has 0 aliphatic carbocycles. The summed E-state index contributed by atoms with van der Waals surface area (Å²) < 4.78 is 5.15. The van der Waals surface area contributed by atoms with Crippen LogP contribution in [0.3, 0.4) is 0 Å². The molecule has 0 unspecified atom stereocenters. The quantitative estimate of drug-likeness (QED) is 0.516. The van der Waals surface area contributed by atoms with E-state index in [0.29, 0.717) is 10.6 Å². The number of anilines is 1. The van der Waals surface area contributed by atoms with Gasteiger partial charge in [0.1, 0.15) is 5.57 Å². The number of hydrogen-bond donors (Lipinski definition) is 2. The molecule has 1 fully saturated rings. The molecule has 1 aliphatic heterocycles. The van der Waals surface area contributed by atoms with Crippen molar-refractivity contribution in [2.45, 2.75) is 0 Å². The Morgan fingerprint density at radius 3 is 2.23 bits per heavy atom. The molecule has 8 nitrogen and oxygen atoms in total. The molecule has 30 heavy (non-hydrogen) atoms. The van der Waals surface area contributed by atoms with Gasteiger partial charge in [-0.3, -0.25) is 19.7 Å². The van der Waals surface area contributed by atoms with Crippen LogP contribution >= 0.6 is 34.8 Å². The van der Waals surface area contributed by atoms with Gasteiger partial charge >= 0.3 is 6.03 Å². The van der Waals surface area contributed by atoms with E-state index in [1.807, 2.05) is 0 Å². The Morgan fingerprint density at radius 2 is 1.67 bits per heavy atom. The number of urea groups is 1. The number of amides is 5. The summed E-state index contributed by atoms with van der Waals surface area (Å²) >= 11 is 18.1. The molecule has 0 aromatic heterocycles. The van der Waals surface area contributed by atoms with Gasteiger partial charge < -0.3 is 10.5 Å². The van der Waals surface area contributed by atoms with Gasteiger partial charge in [-0.2, -0.15) is 0 Å². The molecular weight excluding hydrogens is 457 g/mol. The Hall–Kier alpha value is -3.07. The van der Waals surface area contributed by atoms with Crippen LogP contribution in [0.4, 0.5) is 10.5 Å². The fourth-order valence-corrected chi connectivity index (χ4v) is 3.33. The first-order valence-electron chi connectivity index (χ1n) is 8.24. The lowest BCUT2D eigenvalue weighted by Gasteiger charge is -2.26. The molecule has 154 valence electrons. The highest BCUT2D eigenvalue weighted by Gasteiger charge is 2.36. The van der Waals surface area contributed by atoms with Gasteiger partial charge in [-0.25, -0.2) is 9.69 Å². The van der Waals surface area contributed by atoms with Gasteiger partial charge in [-0.1, -0.05) is 34.8 Å². The monoisotopic (exact) mass is 467 g/mol. The summed E-state index contributed by atoms with van der Waals surface area (Å²) in [4.78, 5) is 49.0. The highest BCUT2D eigenvalue weighted by atomic mass is 35.5. The number of nitrogens with two attached hydrogens (primary N) is 1. The Labute approximate surface area is 185 Å². The first kappa shape index (κ1) is 21.6. The van der Waals surface area contributed by atoms with Crippen molar-refractivity contribution in [1.82, 2.24) is 5.32 Å². The smallest absolute Gasteiger partial charge is 0.335 e. The lowest BCUT2D eigenvalue weighted by atomic mass is 10.1. The van der Waals surface area contributed by atoms with Gasteiger partial charge in [0, 0.05) is 5.02 Å². The zero-order valence-electron chi connectivity index (χ0n) is 14.9. The molecule has 0 bridgehead atoms. The topological polar surface area (TPSA) is 119 Å². The zero-order chi connectivity index (χ0) is 22.0. The summed E-state index contributed by atoms with van der Waals surface area (Å²) in [5, 5.41) is 2.58. The number of carbonyl (C=O) groups excluding carboxylic acids is 4. The van der Waals surface area contributed by atoms with Crippen LogP contribution in [0.1, 0.15) is 5.56 Å². The van der Waals surface area contributed by atoms with Crippen LogP contribution in [0.25, 0.3) is 6.08 Å². The minimum atomic E-state index is -0.893. The zero-order valence-corrected chi connectivity index (χ0v) is 17.2. The summed E-state index contributed by atoms with van der Waals surface area (Å²) in [5.41, 5.74) is 5.23.